The molecule has 2 aromatic carbocycles. The number of fused-ring (bicyclic) bond motifs is 3. The Balaban J connectivity index is 1.33. The predicted molar refractivity (Wildman–Crippen MR) is 143 cm³/mol. The SMILES string of the molecule is Cc1ccc(CSC2=Nc3ccccc3C3=NC(=O)C(CCC(=O)NCc4cccs4)N23)c(C)c1. The molecule has 0 saturated carbocycles. The molecule has 0 radical (unpaired) electrons. The normalized spacial score (nSPS) is 16.5. The zero-order valence-electron chi connectivity index (χ0n) is 19.7. The lowest BCUT2D eigenvalue weighted by molar-refractivity contribution is -0.122. The molecule has 2 aliphatic rings. The van der Waals surface area contributed by atoms with Crippen molar-refractivity contribution in [2.45, 2.75) is 45.0 Å². The van der Waals surface area contributed by atoms with Gasteiger partial charge < -0.3 is 5.32 Å². The number of hydrogen-bond donors (Lipinski definition) is 1. The van der Waals surface area contributed by atoms with Crippen LogP contribution in [0.1, 0.15) is 40.0 Å². The number of rotatable bonds is 7. The topological polar surface area (TPSA) is 74.1 Å². The molecular formula is C27H26N4O2S2. The van der Waals surface area contributed by atoms with E-state index < -0.39 is 6.04 Å². The Hall–Kier alpha value is -3.23. The molecule has 1 unspecified atom stereocenters. The van der Waals surface area contributed by atoms with Crippen LogP contribution in [0.4, 0.5) is 5.69 Å². The molecule has 2 aliphatic heterocycles. The van der Waals surface area contributed by atoms with Crippen LogP contribution >= 0.6 is 23.1 Å². The van der Waals surface area contributed by atoms with Crippen molar-refractivity contribution in [2.24, 2.45) is 9.98 Å². The Morgan fingerprint density at radius 3 is 2.77 bits per heavy atom. The Bertz CT molecular complexity index is 1330. The van der Waals surface area contributed by atoms with Crippen LogP contribution in [0.25, 0.3) is 0 Å². The zero-order valence-corrected chi connectivity index (χ0v) is 21.3. The minimum Gasteiger partial charge on any atom is -0.351 e. The summed E-state index contributed by atoms with van der Waals surface area (Å²) >= 11 is 3.21. The van der Waals surface area contributed by atoms with Crippen LogP contribution < -0.4 is 5.32 Å². The molecule has 0 fully saturated rings. The monoisotopic (exact) mass is 502 g/mol. The maximum Gasteiger partial charge on any atom is 0.270 e. The second-order valence-electron chi connectivity index (χ2n) is 8.68. The van der Waals surface area contributed by atoms with Crippen molar-refractivity contribution in [3.05, 3.63) is 87.1 Å². The average molecular weight is 503 g/mol. The standard InChI is InChI=1S/C27H26N4O2S2/c1-17-9-10-19(18(2)14-17)16-35-27-29-22-8-4-3-7-21(22)25-30-26(33)23(31(25)27)11-12-24(32)28-15-20-6-5-13-34-20/h3-10,13-14,23H,11-12,15-16H2,1-2H3,(H,28,32). The van der Waals surface area contributed by atoms with E-state index in [1.807, 2.05) is 46.7 Å². The summed E-state index contributed by atoms with van der Waals surface area (Å²) < 4.78 is 0. The average Bonchev–Trinajstić information content (AvgIpc) is 3.48. The van der Waals surface area contributed by atoms with Crippen molar-refractivity contribution in [3.63, 3.8) is 0 Å². The molecule has 8 heteroatoms. The number of aliphatic imine (C=N–C) groups is 2. The molecule has 0 aliphatic carbocycles. The number of amidine groups is 2. The number of thioether (sulfide) groups is 1. The summed E-state index contributed by atoms with van der Waals surface area (Å²) in [6.07, 6.45) is 0.630. The van der Waals surface area contributed by atoms with Gasteiger partial charge in [0.05, 0.1) is 12.2 Å². The highest BCUT2D eigenvalue weighted by atomic mass is 32.2. The van der Waals surface area contributed by atoms with Crippen LogP contribution in [0.3, 0.4) is 0 Å². The maximum atomic E-state index is 13.0. The van der Waals surface area contributed by atoms with Gasteiger partial charge in [0.15, 0.2) is 5.17 Å². The van der Waals surface area contributed by atoms with Gasteiger partial charge in [0.1, 0.15) is 11.9 Å². The van der Waals surface area contributed by atoms with Gasteiger partial charge in [0.25, 0.3) is 5.91 Å². The lowest BCUT2D eigenvalue weighted by Crippen LogP contribution is -2.44. The molecule has 0 saturated heterocycles. The first-order valence-corrected chi connectivity index (χ1v) is 13.4. The summed E-state index contributed by atoms with van der Waals surface area (Å²) in [5, 5.41) is 5.68. The van der Waals surface area contributed by atoms with Crippen LogP contribution in [0.15, 0.2) is 70.0 Å². The Morgan fingerprint density at radius 1 is 1.11 bits per heavy atom. The van der Waals surface area contributed by atoms with E-state index >= 15 is 0 Å². The van der Waals surface area contributed by atoms with Gasteiger partial charge in [-0.1, -0.05) is 53.7 Å². The van der Waals surface area contributed by atoms with E-state index in [-0.39, 0.29) is 18.2 Å². The molecule has 178 valence electrons. The van der Waals surface area contributed by atoms with Crippen molar-refractivity contribution in [3.8, 4) is 0 Å². The van der Waals surface area contributed by atoms with Gasteiger partial charge in [-0.3, -0.25) is 14.5 Å². The lowest BCUT2D eigenvalue weighted by atomic mass is 10.1. The van der Waals surface area contributed by atoms with Gasteiger partial charge in [0.2, 0.25) is 5.91 Å². The van der Waals surface area contributed by atoms with E-state index in [1.165, 1.54) is 16.7 Å². The summed E-state index contributed by atoms with van der Waals surface area (Å²) in [5.41, 5.74) is 5.36. The third-order valence-electron chi connectivity index (χ3n) is 6.15. The molecule has 0 bridgehead atoms. The van der Waals surface area contributed by atoms with E-state index in [1.54, 1.807) is 23.1 Å². The summed E-state index contributed by atoms with van der Waals surface area (Å²) in [6, 6.07) is 17.6. The summed E-state index contributed by atoms with van der Waals surface area (Å²) in [4.78, 5) is 37.9. The molecule has 6 nitrogen and oxygen atoms in total. The highest BCUT2D eigenvalue weighted by Crippen LogP contribution is 2.36. The number of nitrogens with one attached hydrogen (secondary N) is 1. The number of para-hydroxylation sites is 1. The number of aryl methyl sites for hydroxylation is 2. The van der Waals surface area contributed by atoms with Gasteiger partial charge in [0, 0.05) is 22.6 Å². The minimum absolute atomic E-state index is 0.0709. The largest absolute Gasteiger partial charge is 0.351 e. The van der Waals surface area contributed by atoms with Crippen LogP contribution in [0.2, 0.25) is 0 Å². The number of benzene rings is 2. The van der Waals surface area contributed by atoms with Crippen LogP contribution in [-0.2, 0) is 21.9 Å². The second-order valence-corrected chi connectivity index (χ2v) is 10.7. The zero-order chi connectivity index (χ0) is 24.4. The first-order valence-electron chi connectivity index (χ1n) is 11.6. The van der Waals surface area contributed by atoms with Crippen LogP contribution in [0, 0.1) is 13.8 Å². The minimum atomic E-state index is -0.531. The number of carbonyl (C=O) groups excluding carboxylic acids is 2. The van der Waals surface area contributed by atoms with E-state index in [2.05, 4.69) is 42.4 Å². The van der Waals surface area contributed by atoms with Crippen molar-refractivity contribution in [1.29, 1.82) is 0 Å². The Labute approximate surface area is 213 Å². The summed E-state index contributed by atoms with van der Waals surface area (Å²) in [6.45, 7) is 4.71. The molecule has 5 rings (SSSR count). The first-order chi connectivity index (χ1) is 17.0. The van der Waals surface area contributed by atoms with Crippen molar-refractivity contribution in [2.75, 3.05) is 0 Å². The van der Waals surface area contributed by atoms with Crippen molar-refractivity contribution < 1.29 is 9.59 Å². The van der Waals surface area contributed by atoms with E-state index in [0.717, 1.165) is 27.0 Å². The van der Waals surface area contributed by atoms with E-state index in [4.69, 9.17) is 4.99 Å². The molecule has 35 heavy (non-hydrogen) atoms. The lowest BCUT2D eigenvalue weighted by Gasteiger charge is -2.31. The molecule has 0 spiro atoms. The number of carbonyl (C=O) groups is 2. The molecule has 3 aromatic rings. The number of hydrogen-bond acceptors (Lipinski definition) is 6. The maximum absolute atomic E-state index is 13.0. The summed E-state index contributed by atoms with van der Waals surface area (Å²) in [5.74, 6) is 1.08. The number of amides is 2. The quantitative estimate of drug-likeness (QED) is 0.472. The van der Waals surface area contributed by atoms with E-state index in [0.29, 0.717) is 18.8 Å². The van der Waals surface area contributed by atoms with Gasteiger partial charge in [-0.2, -0.15) is 4.99 Å². The van der Waals surface area contributed by atoms with Crippen LogP contribution in [-0.4, -0.2) is 33.8 Å². The smallest absolute Gasteiger partial charge is 0.270 e. The number of nitrogens with zero attached hydrogens (tertiary/aromatic N) is 3. The third-order valence-corrected chi connectivity index (χ3v) is 8.03. The second kappa shape index (κ2) is 10.2. The number of thiophene rings is 1. The van der Waals surface area contributed by atoms with Gasteiger partial charge in [-0.15, -0.1) is 11.3 Å². The Kier molecular flexibility index (Phi) is 6.83. The van der Waals surface area contributed by atoms with E-state index in [9.17, 15) is 9.59 Å². The predicted octanol–water partition coefficient (Wildman–Crippen LogP) is 5.35. The fraction of sp³-hybridized carbons (Fsp3) is 0.259. The van der Waals surface area contributed by atoms with Gasteiger partial charge >= 0.3 is 0 Å². The molecule has 1 atom stereocenters. The summed E-state index contributed by atoms with van der Waals surface area (Å²) in [7, 11) is 0. The molecular weight excluding hydrogens is 476 g/mol. The van der Waals surface area contributed by atoms with Crippen molar-refractivity contribution >= 4 is 51.6 Å². The Morgan fingerprint density at radius 2 is 1.97 bits per heavy atom. The molecule has 1 N–H and O–H groups in total. The highest BCUT2D eigenvalue weighted by Gasteiger charge is 2.41. The third kappa shape index (κ3) is 5.09. The first kappa shape index (κ1) is 23.5. The molecule has 2 amide bonds. The van der Waals surface area contributed by atoms with Gasteiger partial charge in [-0.25, -0.2) is 4.99 Å². The fourth-order valence-corrected chi connectivity index (χ4v) is 6.05. The van der Waals surface area contributed by atoms with Crippen LogP contribution in [0.5, 0.6) is 0 Å². The van der Waals surface area contributed by atoms with Gasteiger partial charge in [-0.05, 0) is 55.0 Å². The molecule has 1 aromatic heterocycles. The van der Waals surface area contributed by atoms with Crippen molar-refractivity contribution in [1.82, 2.24) is 10.2 Å². The molecule has 3 heterocycles. The fourth-order valence-electron chi connectivity index (χ4n) is 4.28. The highest BCUT2D eigenvalue weighted by molar-refractivity contribution is 8.13.